The monoisotopic (exact) mass is 340 g/mol. The van der Waals surface area contributed by atoms with Crippen LogP contribution >= 0.6 is 23.5 Å². The first-order valence-electron chi connectivity index (χ1n) is 7.07. The molecule has 0 fully saturated rings. The number of nitrogen functional groups attached to an aromatic ring is 1. The molecule has 0 aliphatic carbocycles. The Kier molecular flexibility index (Phi) is 5.15. The Labute approximate surface area is 144 Å². The number of nitrogens with two attached hydrogens (primary N) is 1. The van der Waals surface area contributed by atoms with Crippen molar-refractivity contribution in [2.45, 2.75) is 15.9 Å². The van der Waals surface area contributed by atoms with Crippen molar-refractivity contribution in [2.24, 2.45) is 0 Å². The minimum absolute atomic E-state index is 0.496. The standard InChI is InChI=1S/C17H16N4S2/c1-22-16-10-15(18)20-17(21-16)23-11-14-13(8-5-9-19-14)12-6-3-2-4-7-12/h2-10H,11H2,1H3,(H2,18,20,21). The first-order valence-corrected chi connectivity index (χ1v) is 9.28. The van der Waals surface area contributed by atoms with E-state index in [1.807, 2.05) is 36.7 Å². The van der Waals surface area contributed by atoms with Crippen molar-refractivity contribution in [3.63, 3.8) is 0 Å². The normalized spacial score (nSPS) is 10.7. The summed E-state index contributed by atoms with van der Waals surface area (Å²) in [7, 11) is 0. The fraction of sp³-hybridized carbons (Fsp3) is 0.118. The molecule has 2 heterocycles. The van der Waals surface area contributed by atoms with Crippen molar-refractivity contribution >= 4 is 29.3 Å². The molecule has 0 amide bonds. The van der Waals surface area contributed by atoms with E-state index in [4.69, 9.17) is 5.73 Å². The van der Waals surface area contributed by atoms with E-state index in [1.165, 1.54) is 0 Å². The molecule has 0 saturated carbocycles. The highest BCUT2D eigenvalue weighted by Crippen LogP contribution is 2.28. The number of thioether (sulfide) groups is 2. The molecule has 3 aromatic rings. The molecule has 23 heavy (non-hydrogen) atoms. The third kappa shape index (κ3) is 4.03. The Hall–Kier alpha value is -2.05. The van der Waals surface area contributed by atoms with Crippen molar-refractivity contribution in [3.8, 4) is 11.1 Å². The van der Waals surface area contributed by atoms with E-state index in [1.54, 1.807) is 29.6 Å². The first-order chi connectivity index (χ1) is 11.3. The number of rotatable bonds is 5. The number of hydrogen-bond acceptors (Lipinski definition) is 6. The van der Waals surface area contributed by atoms with E-state index in [0.29, 0.717) is 16.7 Å². The van der Waals surface area contributed by atoms with Crippen LogP contribution in [0.15, 0.2) is 64.9 Å². The van der Waals surface area contributed by atoms with Gasteiger partial charge in [-0.25, -0.2) is 9.97 Å². The largest absolute Gasteiger partial charge is 0.384 e. The maximum absolute atomic E-state index is 5.83. The molecule has 4 nitrogen and oxygen atoms in total. The molecule has 6 heteroatoms. The first kappa shape index (κ1) is 15.8. The molecule has 0 aliphatic rings. The number of anilines is 1. The van der Waals surface area contributed by atoms with E-state index in [9.17, 15) is 0 Å². The van der Waals surface area contributed by atoms with Gasteiger partial charge in [-0.2, -0.15) is 0 Å². The Morgan fingerprint density at radius 3 is 2.65 bits per heavy atom. The van der Waals surface area contributed by atoms with Gasteiger partial charge in [0.25, 0.3) is 0 Å². The Morgan fingerprint density at radius 1 is 1.04 bits per heavy atom. The zero-order chi connectivity index (χ0) is 16.1. The quantitative estimate of drug-likeness (QED) is 0.428. The summed E-state index contributed by atoms with van der Waals surface area (Å²) in [5.74, 6) is 1.19. The van der Waals surface area contributed by atoms with Crippen LogP contribution < -0.4 is 5.73 Å². The second-order valence-corrected chi connectivity index (χ2v) is 6.54. The van der Waals surface area contributed by atoms with E-state index in [0.717, 1.165) is 21.8 Å². The molecule has 0 saturated heterocycles. The van der Waals surface area contributed by atoms with Crippen LogP contribution in [0.25, 0.3) is 11.1 Å². The summed E-state index contributed by atoms with van der Waals surface area (Å²) in [5, 5.41) is 1.56. The average Bonchev–Trinajstić information content (AvgIpc) is 2.60. The summed E-state index contributed by atoms with van der Waals surface area (Å²) in [4.78, 5) is 13.3. The van der Waals surface area contributed by atoms with Gasteiger partial charge in [-0.3, -0.25) is 4.98 Å². The van der Waals surface area contributed by atoms with Crippen LogP contribution in [-0.2, 0) is 5.75 Å². The van der Waals surface area contributed by atoms with Gasteiger partial charge in [0.15, 0.2) is 5.16 Å². The van der Waals surface area contributed by atoms with Crippen molar-refractivity contribution in [1.29, 1.82) is 0 Å². The van der Waals surface area contributed by atoms with Crippen LogP contribution in [0, 0.1) is 0 Å². The van der Waals surface area contributed by atoms with Crippen molar-refractivity contribution in [1.82, 2.24) is 15.0 Å². The summed E-state index contributed by atoms with van der Waals surface area (Å²) < 4.78 is 0. The fourth-order valence-electron chi connectivity index (χ4n) is 2.16. The Balaban J connectivity index is 1.83. The lowest BCUT2D eigenvalue weighted by Gasteiger charge is -2.08. The number of nitrogens with zero attached hydrogens (tertiary/aromatic N) is 3. The Bertz CT molecular complexity index is 794. The SMILES string of the molecule is CSc1cc(N)nc(SCc2ncccc2-c2ccccc2)n1. The molecule has 2 N–H and O–H groups in total. The van der Waals surface area contributed by atoms with Gasteiger partial charge in [0.1, 0.15) is 10.8 Å². The topological polar surface area (TPSA) is 64.7 Å². The van der Waals surface area contributed by atoms with Crippen molar-refractivity contribution < 1.29 is 0 Å². The highest BCUT2D eigenvalue weighted by Gasteiger charge is 2.09. The smallest absolute Gasteiger partial charge is 0.190 e. The van der Waals surface area contributed by atoms with Gasteiger partial charge in [-0.1, -0.05) is 48.2 Å². The van der Waals surface area contributed by atoms with E-state index in [2.05, 4.69) is 33.2 Å². The van der Waals surface area contributed by atoms with Crippen LogP contribution in [0.4, 0.5) is 5.82 Å². The minimum Gasteiger partial charge on any atom is -0.384 e. The van der Waals surface area contributed by atoms with Gasteiger partial charge in [0, 0.05) is 23.6 Å². The summed E-state index contributed by atoms with van der Waals surface area (Å²) in [5.41, 5.74) is 9.14. The van der Waals surface area contributed by atoms with Crippen molar-refractivity contribution in [2.75, 3.05) is 12.0 Å². The van der Waals surface area contributed by atoms with E-state index < -0.39 is 0 Å². The second kappa shape index (κ2) is 7.48. The van der Waals surface area contributed by atoms with Gasteiger partial charge in [-0.05, 0) is 17.9 Å². The van der Waals surface area contributed by atoms with Gasteiger partial charge < -0.3 is 5.73 Å². The van der Waals surface area contributed by atoms with Crippen LogP contribution in [0.3, 0.4) is 0 Å². The lowest BCUT2D eigenvalue weighted by atomic mass is 10.1. The van der Waals surface area contributed by atoms with Gasteiger partial charge in [0.05, 0.1) is 5.69 Å². The highest BCUT2D eigenvalue weighted by atomic mass is 32.2. The summed E-state index contributed by atoms with van der Waals surface area (Å²) in [6.07, 6.45) is 3.79. The fourth-order valence-corrected chi connectivity index (χ4v) is 3.46. The molecule has 0 atom stereocenters. The lowest BCUT2D eigenvalue weighted by molar-refractivity contribution is 0.900. The van der Waals surface area contributed by atoms with Gasteiger partial charge in [0.2, 0.25) is 0 Å². The van der Waals surface area contributed by atoms with Crippen LogP contribution in [0.2, 0.25) is 0 Å². The summed E-state index contributed by atoms with van der Waals surface area (Å²) in [6, 6.07) is 16.1. The maximum atomic E-state index is 5.83. The van der Waals surface area contributed by atoms with Crippen LogP contribution in [0.5, 0.6) is 0 Å². The number of aromatic nitrogens is 3. The predicted octanol–water partition coefficient (Wildman–Crippen LogP) is 4.14. The minimum atomic E-state index is 0.496. The van der Waals surface area contributed by atoms with E-state index >= 15 is 0 Å². The third-order valence-electron chi connectivity index (χ3n) is 3.22. The van der Waals surface area contributed by atoms with Gasteiger partial charge >= 0.3 is 0 Å². The maximum Gasteiger partial charge on any atom is 0.190 e. The summed E-state index contributed by atoms with van der Waals surface area (Å²) >= 11 is 3.11. The molecule has 0 unspecified atom stereocenters. The Morgan fingerprint density at radius 2 is 1.87 bits per heavy atom. The third-order valence-corrected chi connectivity index (χ3v) is 4.71. The molecule has 116 valence electrons. The zero-order valence-electron chi connectivity index (χ0n) is 12.6. The van der Waals surface area contributed by atoms with Crippen LogP contribution in [0.1, 0.15) is 5.69 Å². The zero-order valence-corrected chi connectivity index (χ0v) is 14.3. The number of benzene rings is 1. The predicted molar refractivity (Wildman–Crippen MR) is 97.5 cm³/mol. The second-order valence-electron chi connectivity index (χ2n) is 4.77. The van der Waals surface area contributed by atoms with Crippen LogP contribution in [-0.4, -0.2) is 21.2 Å². The van der Waals surface area contributed by atoms with Gasteiger partial charge in [-0.15, -0.1) is 11.8 Å². The van der Waals surface area contributed by atoms with Crippen molar-refractivity contribution in [3.05, 3.63) is 60.4 Å². The lowest BCUT2D eigenvalue weighted by Crippen LogP contribution is -1.97. The molecule has 2 aromatic heterocycles. The molecule has 0 spiro atoms. The van der Waals surface area contributed by atoms with E-state index in [-0.39, 0.29) is 0 Å². The molecule has 0 radical (unpaired) electrons. The summed E-state index contributed by atoms with van der Waals surface area (Å²) in [6.45, 7) is 0. The molecule has 0 bridgehead atoms. The number of hydrogen-bond donors (Lipinski definition) is 1. The molecule has 1 aromatic carbocycles. The molecule has 0 aliphatic heterocycles. The highest BCUT2D eigenvalue weighted by molar-refractivity contribution is 7.99. The number of pyridine rings is 1. The molecular formula is C17H16N4S2. The molecular weight excluding hydrogens is 324 g/mol. The molecule has 3 rings (SSSR count). The average molecular weight is 340 g/mol.